The van der Waals surface area contributed by atoms with Crippen molar-refractivity contribution in [3.8, 4) is 5.75 Å². The van der Waals surface area contributed by atoms with Crippen LogP contribution in [0.5, 0.6) is 5.75 Å². The number of pyridine rings is 1. The van der Waals surface area contributed by atoms with Crippen molar-refractivity contribution in [3.05, 3.63) is 59.4 Å². The van der Waals surface area contributed by atoms with Gasteiger partial charge >= 0.3 is 0 Å². The molecule has 1 aromatic carbocycles. The fourth-order valence-electron chi connectivity index (χ4n) is 5.22. The summed E-state index contributed by atoms with van der Waals surface area (Å²) in [6.07, 6.45) is 4.58. The Morgan fingerprint density at radius 2 is 2.04 bits per heavy atom. The molecule has 132 valence electrons. The number of hydrogen-bond acceptors (Lipinski definition) is 4. The second kappa shape index (κ2) is 5.82. The number of hydrogen-bond donors (Lipinski definition) is 3. The van der Waals surface area contributed by atoms with Crippen molar-refractivity contribution in [1.82, 2.24) is 4.98 Å². The van der Waals surface area contributed by atoms with E-state index in [1.165, 1.54) is 11.1 Å². The number of phenolic OH excluding ortho intramolecular Hbond substituents is 1. The number of aryl methyl sites for hydroxylation is 1. The molecule has 0 amide bonds. The summed E-state index contributed by atoms with van der Waals surface area (Å²) in [6.45, 7) is 2.16. The topological polar surface area (TPSA) is 73.6 Å². The lowest BCUT2D eigenvalue weighted by Crippen LogP contribution is -2.56. The third kappa shape index (κ3) is 2.39. The first-order valence-electron chi connectivity index (χ1n) is 9.14. The Morgan fingerprint density at radius 1 is 1.20 bits per heavy atom. The molecule has 1 aromatic heterocycles. The first-order valence-corrected chi connectivity index (χ1v) is 9.14. The normalized spacial score (nSPS) is 34.2. The Bertz CT molecular complexity index is 778. The Morgan fingerprint density at radius 3 is 2.76 bits per heavy atom. The number of aliphatic hydroxyl groups excluding tert-OH is 1. The molecule has 4 nitrogen and oxygen atoms in total. The van der Waals surface area contributed by atoms with E-state index in [2.05, 4.69) is 11.9 Å². The van der Waals surface area contributed by atoms with Gasteiger partial charge in [0.1, 0.15) is 11.4 Å². The van der Waals surface area contributed by atoms with Crippen LogP contribution in [0.4, 0.5) is 0 Å². The summed E-state index contributed by atoms with van der Waals surface area (Å²) in [6, 6.07) is 11.1. The smallest absolute Gasteiger partial charge is 0.132 e. The van der Waals surface area contributed by atoms with Gasteiger partial charge in [0.2, 0.25) is 0 Å². The van der Waals surface area contributed by atoms with Crippen LogP contribution in [0.25, 0.3) is 0 Å². The van der Waals surface area contributed by atoms with Crippen LogP contribution in [0.15, 0.2) is 42.6 Å². The molecule has 2 aliphatic rings. The summed E-state index contributed by atoms with van der Waals surface area (Å²) < 4.78 is 0. The number of nitrogens with zero attached hydrogens (tertiary/aromatic N) is 1. The average Bonchev–Trinajstić information content (AvgIpc) is 2.63. The molecule has 0 bridgehead atoms. The Hall–Kier alpha value is -1.91. The highest BCUT2D eigenvalue weighted by atomic mass is 16.3. The molecule has 1 saturated carbocycles. The highest BCUT2D eigenvalue weighted by Gasteiger charge is 2.56. The van der Waals surface area contributed by atoms with Gasteiger partial charge in [-0.15, -0.1) is 0 Å². The predicted molar refractivity (Wildman–Crippen MR) is 95.3 cm³/mol. The maximum atomic E-state index is 11.3. The zero-order valence-electron chi connectivity index (χ0n) is 14.5. The quantitative estimate of drug-likeness (QED) is 0.786. The standard InChI is InChI=1S/C21H25NO3/c1-2-20-13-19(24)21(25,18-5-3-4-10-22-18)12-15(20)7-6-14-11-16(23)8-9-17(14)20/h3-5,8-11,15,19,23-25H,2,6-7,12-13H2,1H3/t15-,19?,20-,21?/m1/s1. The summed E-state index contributed by atoms with van der Waals surface area (Å²) in [5.41, 5.74) is 1.52. The van der Waals surface area contributed by atoms with Crippen LogP contribution < -0.4 is 0 Å². The molecule has 2 aromatic rings. The molecule has 0 radical (unpaired) electrons. The van der Waals surface area contributed by atoms with Crippen molar-refractivity contribution in [2.75, 3.05) is 0 Å². The zero-order chi connectivity index (χ0) is 17.7. The van der Waals surface area contributed by atoms with Crippen LogP contribution in [-0.4, -0.2) is 26.4 Å². The van der Waals surface area contributed by atoms with Gasteiger partial charge in [0.25, 0.3) is 0 Å². The summed E-state index contributed by atoms with van der Waals surface area (Å²) in [5, 5.41) is 32.1. The average molecular weight is 339 g/mol. The molecule has 2 unspecified atom stereocenters. The summed E-state index contributed by atoms with van der Waals surface area (Å²) in [4.78, 5) is 4.32. The van der Waals surface area contributed by atoms with E-state index in [4.69, 9.17) is 0 Å². The molecule has 4 rings (SSSR count). The van der Waals surface area contributed by atoms with E-state index in [0.29, 0.717) is 24.3 Å². The van der Waals surface area contributed by atoms with E-state index in [1.807, 2.05) is 24.3 Å². The van der Waals surface area contributed by atoms with Crippen molar-refractivity contribution in [1.29, 1.82) is 0 Å². The summed E-state index contributed by atoms with van der Waals surface area (Å²) >= 11 is 0. The largest absolute Gasteiger partial charge is 0.508 e. The number of aliphatic hydroxyl groups is 2. The SMILES string of the molecule is CC[C@@]12CC(O)C(O)(c3ccccn3)C[C@H]1CCc1cc(O)ccc12. The number of fused-ring (bicyclic) bond motifs is 3. The third-order valence-corrected chi connectivity index (χ3v) is 6.57. The highest BCUT2D eigenvalue weighted by Crippen LogP contribution is 2.56. The molecule has 1 heterocycles. The first-order chi connectivity index (χ1) is 12.0. The minimum atomic E-state index is -1.29. The summed E-state index contributed by atoms with van der Waals surface area (Å²) in [5.74, 6) is 0.578. The molecule has 4 atom stereocenters. The molecule has 3 N–H and O–H groups in total. The van der Waals surface area contributed by atoms with Gasteiger partial charge < -0.3 is 15.3 Å². The van der Waals surface area contributed by atoms with Crippen LogP contribution >= 0.6 is 0 Å². The minimum Gasteiger partial charge on any atom is -0.508 e. The van der Waals surface area contributed by atoms with Crippen molar-refractivity contribution in [2.45, 2.75) is 56.1 Å². The molecule has 0 aliphatic heterocycles. The number of phenols is 1. The lowest BCUT2D eigenvalue weighted by Gasteiger charge is -2.54. The molecular formula is C21H25NO3. The highest BCUT2D eigenvalue weighted by molar-refractivity contribution is 5.43. The molecular weight excluding hydrogens is 314 g/mol. The van der Waals surface area contributed by atoms with Gasteiger partial charge in [0.05, 0.1) is 11.8 Å². The molecule has 0 spiro atoms. The lowest BCUT2D eigenvalue weighted by molar-refractivity contribution is -0.148. The molecule has 0 saturated heterocycles. The van der Waals surface area contributed by atoms with E-state index < -0.39 is 11.7 Å². The van der Waals surface area contributed by atoms with Gasteiger partial charge in [-0.25, -0.2) is 0 Å². The fourth-order valence-corrected chi connectivity index (χ4v) is 5.22. The van der Waals surface area contributed by atoms with E-state index in [0.717, 1.165) is 19.3 Å². The lowest BCUT2D eigenvalue weighted by atomic mass is 9.52. The van der Waals surface area contributed by atoms with Gasteiger partial charge in [-0.1, -0.05) is 19.1 Å². The second-order valence-corrected chi connectivity index (χ2v) is 7.65. The number of rotatable bonds is 2. The fraction of sp³-hybridized carbons (Fsp3) is 0.476. The summed E-state index contributed by atoms with van der Waals surface area (Å²) in [7, 11) is 0. The van der Waals surface area contributed by atoms with Gasteiger partial charge in [-0.2, -0.15) is 0 Å². The first kappa shape index (κ1) is 16.6. The third-order valence-electron chi connectivity index (χ3n) is 6.57. The van der Waals surface area contributed by atoms with Gasteiger partial charge in [0, 0.05) is 11.6 Å². The Labute approximate surface area is 148 Å². The van der Waals surface area contributed by atoms with Crippen LogP contribution in [0.3, 0.4) is 0 Å². The van der Waals surface area contributed by atoms with Crippen LogP contribution in [-0.2, 0) is 17.4 Å². The minimum absolute atomic E-state index is 0.151. The van der Waals surface area contributed by atoms with E-state index in [1.54, 1.807) is 18.3 Å². The number of benzene rings is 1. The number of aromatic hydroxyl groups is 1. The van der Waals surface area contributed by atoms with Crippen molar-refractivity contribution >= 4 is 0 Å². The van der Waals surface area contributed by atoms with E-state index >= 15 is 0 Å². The van der Waals surface area contributed by atoms with E-state index in [9.17, 15) is 15.3 Å². The van der Waals surface area contributed by atoms with Gasteiger partial charge in [0.15, 0.2) is 0 Å². The zero-order valence-corrected chi connectivity index (χ0v) is 14.5. The Kier molecular flexibility index (Phi) is 3.85. The van der Waals surface area contributed by atoms with Gasteiger partial charge in [-0.05, 0) is 73.4 Å². The van der Waals surface area contributed by atoms with Gasteiger partial charge in [-0.3, -0.25) is 4.98 Å². The van der Waals surface area contributed by atoms with Crippen molar-refractivity contribution in [2.24, 2.45) is 5.92 Å². The Balaban J connectivity index is 1.77. The molecule has 2 aliphatic carbocycles. The van der Waals surface area contributed by atoms with Crippen LogP contribution in [0.2, 0.25) is 0 Å². The van der Waals surface area contributed by atoms with Crippen LogP contribution in [0.1, 0.15) is 49.4 Å². The predicted octanol–water partition coefficient (Wildman–Crippen LogP) is 3.04. The molecule has 1 fully saturated rings. The van der Waals surface area contributed by atoms with Crippen LogP contribution in [0, 0.1) is 5.92 Å². The van der Waals surface area contributed by atoms with Crippen molar-refractivity contribution in [3.63, 3.8) is 0 Å². The molecule has 4 heteroatoms. The van der Waals surface area contributed by atoms with Crippen molar-refractivity contribution < 1.29 is 15.3 Å². The maximum Gasteiger partial charge on any atom is 0.132 e. The monoisotopic (exact) mass is 339 g/mol. The maximum absolute atomic E-state index is 11.3. The molecule has 25 heavy (non-hydrogen) atoms. The number of aromatic nitrogens is 1. The van der Waals surface area contributed by atoms with E-state index in [-0.39, 0.29) is 11.3 Å². The second-order valence-electron chi connectivity index (χ2n) is 7.65.